The van der Waals surface area contributed by atoms with Gasteiger partial charge >= 0.3 is 0 Å². The molecule has 28 heavy (non-hydrogen) atoms. The molecule has 0 bridgehead atoms. The van der Waals surface area contributed by atoms with Gasteiger partial charge in [0, 0.05) is 6.61 Å². The first-order valence-electron chi connectivity index (χ1n) is 12.2. The quantitative estimate of drug-likeness (QED) is 0.653. The van der Waals surface area contributed by atoms with Gasteiger partial charge in [-0.1, -0.05) is 34.1 Å². The fourth-order valence-corrected chi connectivity index (χ4v) is 8.98. The summed E-state index contributed by atoms with van der Waals surface area (Å²) < 4.78 is 0. The van der Waals surface area contributed by atoms with Gasteiger partial charge in [0.1, 0.15) is 0 Å². The molecule has 0 aliphatic heterocycles. The zero-order chi connectivity index (χ0) is 20.3. The van der Waals surface area contributed by atoms with E-state index in [4.69, 9.17) is 0 Å². The Kier molecular flexibility index (Phi) is 5.69. The Morgan fingerprint density at radius 2 is 1.75 bits per heavy atom. The molecule has 4 aliphatic rings. The molecule has 0 aromatic heterocycles. The number of fused-ring (bicyclic) bond motifs is 5. The van der Waals surface area contributed by atoms with Crippen molar-refractivity contribution in [3.63, 3.8) is 0 Å². The molecule has 0 amide bonds. The number of rotatable bonds is 4. The molecule has 0 aromatic rings. The molecule has 4 rings (SSSR count). The van der Waals surface area contributed by atoms with Gasteiger partial charge in [0.15, 0.2) is 0 Å². The highest BCUT2D eigenvalue weighted by molar-refractivity contribution is 5.14. The van der Waals surface area contributed by atoms with Crippen LogP contribution in [0.15, 0.2) is 0 Å². The number of aliphatic hydroxyl groups is 3. The summed E-state index contributed by atoms with van der Waals surface area (Å²) in [5.41, 5.74) is 0.238. The van der Waals surface area contributed by atoms with Crippen molar-refractivity contribution in [1.29, 1.82) is 0 Å². The van der Waals surface area contributed by atoms with Gasteiger partial charge in [-0.3, -0.25) is 0 Å². The SMILES string of the molecule is CC(CCCO)C1CCC2C3C(O)C[C@@H]4C[C@H](C)CC[C@]4(C)C3C[C@H](O)[C@]12C. The lowest BCUT2D eigenvalue weighted by Crippen LogP contribution is -2.62. The molecule has 4 saturated carbocycles. The summed E-state index contributed by atoms with van der Waals surface area (Å²) in [5, 5.41) is 32.1. The summed E-state index contributed by atoms with van der Waals surface area (Å²) in [6, 6.07) is 0. The summed E-state index contributed by atoms with van der Waals surface area (Å²) in [7, 11) is 0. The predicted molar refractivity (Wildman–Crippen MR) is 113 cm³/mol. The minimum atomic E-state index is -0.245. The second-order valence-electron chi connectivity index (χ2n) is 11.8. The Morgan fingerprint density at radius 3 is 2.46 bits per heavy atom. The van der Waals surface area contributed by atoms with Crippen LogP contribution in [0.3, 0.4) is 0 Å². The van der Waals surface area contributed by atoms with Gasteiger partial charge in [-0.2, -0.15) is 0 Å². The molecular formula is C25H44O3. The molecule has 6 unspecified atom stereocenters. The molecule has 0 spiro atoms. The standard InChI is InChI=1S/C25H44O3/c1-15-9-10-24(3)17(12-15)13-21(27)23-19-8-7-18(16(2)6-5-11-26)25(19,4)22(28)14-20(23)24/h15-23,26-28H,5-14H2,1-4H3/t15-,16?,17+,18?,19?,20?,21?,22+,23?,24+,25-/m1/s1. The Balaban J connectivity index is 1.62. The maximum Gasteiger partial charge on any atom is 0.0602 e. The fourth-order valence-electron chi connectivity index (χ4n) is 8.98. The van der Waals surface area contributed by atoms with Crippen LogP contribution >= 0.6 is 0 Å². The van der Waals surface area contributed by atoms with Crippen molar-refractivity contribution >= 4 is 0 Å². The molecule has 0 radical (unpaired) electrons. The van der Waals surface area contributed by atoms with Crippen LogP contribution in [-0.4, -0.2) is 34.1 Å². The van der Waals surface area contributed by atoms with E-state index in [0.717, 1.165) is 38.0 Å². The molecule has 3 nitrogen and oxygen atoms in total. The average molecular weight is 393 g/mol. The minimum absolute atomic E-state index is 0.0673. The minimum Gasteiger partial charge on any atom is -0.396 e. The lowest BCUT2D eigenvalue weighted by atomic mass is 9.42. The number of hydrogen-bond acceptors (Lipinski definition) is 3. The monoisotopic (exact) mass is 392 g/mol. The van der Waals surface area contributed by atoms with Crippen molar-refractivity contribution in [3.8, 4) is 0 Å². The van der Waals surface area contributed by atoms with Gasteiger partial charge in [0.05, 0.1) is 12.2 Å². The smallest absolute Gasteiger partial charge is 0.0602 e. The molecule has 4 aliphatic carbocycles. The zero-order valence-corrected chi connectivity index (χ0v) is 18.6. The van der Waals surface area contributed by atoms with Gasteiger partial charge in [0.25, 0.3) is 0 Å². The maximum absolute atomic E-state index is 11.5. The predicted octanol–water partition coefficient (Wildman–Crippen LogP) is 4.63. The van der Waals surface area contributed by atoms with Crippen LogP contribution in [0.4, 0.5) is 0 Å². The summed E-state index contributed by atoms with van der Waals surface area (Å²) in [4.78, 5) is 0. The number of aliphatic hydroxyl groups excluding tert-OH is 3. The molecule has 0 aromatic carbocycles. The summed E-state index contributed by atoms with van der Waals surface area (Å²) in [5.74, 6) is 3.77. The molecule has 0 heterocycles. The highest BCUT2D eigenvalue weighted by atomic mass is 16.3. The second kappa shape index (κ2) is 7.54. The largest absolute Gasteiger partial charge is 0.396 e. The van der Waals surface area contributed by atoms with Gasteiger partial charge in [-0.25, -0.2) is 0 Å². The summed E-state index contributed by atoms with van der Waals surface area (Å²) in [6.07, 6.45) is 9.54. The topological polar surface area (TPSA) is 60.7 Å². The maximum atomic E-state index is 11.5. The Morgan fingerprint density at radius 1 is 1.00 bits per heavy atom. The van der Waals surface area contributed by atoms with Gasteiger partial charge in [-0.05, 0) is 104 Å². The van der Waals surface area contributed by atoms with E-state index in [0.29, 0.717) is 40.9 Å². The molecule has 162 valence electrons. The number of hydrogen-bond donors (Lipinski definition) is 3. The molecule has 0 saturated heterocycles. The van der Waals surface area contributed by atoms with Crippen LogP contribution in [0.2, 0.25) is 0 Å². The van der Waals surface area contributed by atoms with Crippen LogP contribution < -0.4 is 0 Å². The van der Waals surface area contributed by atoms with Gasteiger partial charge in [0.2, 0.25) is 0 Å². The highest BCUT2D eigenvalue weighted by Crippen LogP contribution is 2.68. The van der Waals surface area contributed by atoms with E-state index >= 15 is 0 Å². The van der Waals surface area contributed by atoms with Crippen LogP contribution in [0.25, 0.3) is 0 Å². The highest BCUT2D eigenvalue weighted by Gasteiger charge is 2.65. The lowest BCUT2D eigenvalue weighted by Gasteiger charge is -2.63. The summed E-state index contributed by atoms with van der Waals surface area (Å²) >= 11 is 0. The zero-order valence-electron chi connectivity index (χ0n) is 18.6. The lowest BCUT2D eigenvalue weighted by molar-refractivity contribution is -0.203. The molecule has 11 atom stereocenters. The van der Waals surface area contributed by atoms with Crippen molar-refractivity contribution in [2.75, 3.05) is 6.61 Å². The van der Waals surface area contributed by atoms with Gasteiger partial charge < -0.3 is 15.3 Å². The first-order valence-corrected chi connectivity index (χ1v) is 12.2. The van der Waals surface area contributed by atoms with E-state index in [1.54, 1.807) is 0 Å². The van der Waals surface area contributed by atoms with Crippen molar-refractivity contribution in [3.05, 3.63) is 0 Å². The van der Waals surface area contributed by atoms with Crippen LogP contribution in [0.1, 0.15) is 85.5 Å². The summed E-state index contributed by atoms with van der Waals surface area (Å²) in [6.45, 7) is 9.81. The fraction of sp³-hybridized carbons (Fsp3) is 1.00. The van der Waals surface area contributed by atoms with Crippen LogP contribution in [-0.2, 0) is 0 Å². The third-order valence-electron chi connectivity index (χ3n) is 10.6. The van der Waals surface area contributed by atoms with Crippen LogP contribution in [0, 0.1) is 52.3 Å². The molecule has 3 N–H and O–H groups in total. The van der Waals surface area contributed by atoms with Crippen molar-refractivity contribution < 1.29 is 15.3 Å². The molecular weight excluding hydrogens is 348 g/mol. The third kappa shape index (κ3) is 3.02. The van der Waals surface area contributed by atoms with E-state index in [1.807, 2.05) is 0 Å². The van der Waals surface area contributed by atoms with E-state index in [1.165, 1.54) is 25.7 Å². The molecule has 3 heteroatoms. The van der Waals surface area contributed by atoms with E-state index in [-0.39, 0.29) is 24.2 Å². The van der Waals surface area contributed by atoms with Crippen molar-refractivity contribution in [1.82, 2.24) is 0 Å². The Bertz CT molecular complexity index is 564. The third-order valence-corrected chi connectivity index (χ3v) is 10.6. The average Bonchev–Trinajstić information content (AvgIpc) is 3.01. The van der Waals surface area contributed by atoms with E-state index < -0.39 is 0 Å². The Hall–Kier alpha value is -0.120. The van der Waals surface area contributed by atoms with Crippen LogP contribution in [0.5, 0.6) is 0 Å². The first-order chi connectivity index (χ1) is 13.2. The van der Waals surface area contributed by atoms with Gasteiger partial charge in [-0.15, -0.1) is 0 Å². The van der Waals surface area contributed by atoms with E-state index in [2.05, 4.69) is 27.7 Å². The van der Waals surface area contributed by atoms with E-state index in [9.17, 15) is 15.3 Å². The Labute approximate surface area is 172 Å². The normalized spacial score (nSPS) is 54.5. The van der Waals surface area contributed by atoms with Crippen molar-refractivity contribution in [2.24, 2.45) is 52.3 Å². The molecule has 4 fully saturated rings. The first kappa shape index (κ1) is 21.1. The van der Waals surface area contributed by atoms with Crippen molar-refractivity contribution in [2.45, 2.75) is 97.7 Å². The second-order valence-corrected chi connectivity index (χ2v) is 11.8.